The van der Waals surface area contributed by atoms with Crippen LogP contribution < -0.4 is 5.32 Å². The average molecular weight is 278 g/mol. The van der Waals surface area contributed by atoms with E-state index in [2.05, 4.69) is 12.2 Å². The fourth-order valence-electron chi connectivity index (χ4n) is 2.03. The van der Waals surface area contributed by atoms with Crippen molar-refractivity contribution in [1.82, 2.24) is 4.90 Å². The lowest BCUT2D eigenvalue weighted by Gasteiger charge is -2.19. The molecule has 4 heteroatoms. The number of para-hydroxylation sites is 1. The van der Waals surface area contributed by atoms with Crippen molar-refractivity contribution < 1.29 is 9.90 Å². The van der Waals surface area contributed by atoms with Crippen LogP contribution in [-0.4, -0.2) is 42.7 Å². The van der Waals surface area contributed by atoms with Crippen molar-refractivity contribution in [1.29, 1.82) is 0 Å². The third-order valence-corrected chi connectivity index (χ3v) is 3.22. The molecule has 0 atom stereocenters. The first-order valence-corrected chi connectivity index (χ1v) is 7.40. The van der Waals surface area contributed by atoms with Gasteiger partial charge >= 0.3 is 0 Å². The molecule has 1 amide bonds. The normalized spacial score (nSPS) is 10.3. The number of unbranched alkanes of at least 4 members (excludes halogenated alkanes) is 2. The van der Waals surface area contributed by atoms with Crippen molar-refractivity contribution in [2.24, 2.45) is 0 Å². The zero-order chi connectivity index (χ0) is 14.8. The van der Waals surface area contributed by atoms with E-state index in [0.717, 1.165) is 50.0 Å². The first-order valence-electron chi connectivity index (χ1n) is 7.40. The number of hydrogen-bond acceptors (Lipinski definition) is 3. The molecule has 2 N–H and O–H groups in total. The van der Waals surface area contributed by atoms with Gasteiger partial charge in [0.25, 0.3) is 5.91 Å². The second kappa shape index (κ2) is 9.37. The first kappa shape index (κ1) is 16.5. The van der Waals surface area contributed by atoms with E-state index in [4.69, 9.17) is 5.11 Å². The van der Waals surface area contributed by atoms with E-state index in [0.29, 0.717) is 0 Å². The number of carbonyl (C=O) groups is 1. The van der Waals surface area contributed by atoms with Crippen molar-refractivity contribution >= 4 is 11.6 Å². The van der Waals surface area contributed by atoms with Crippen LogP contribution in [0.3, 0.4) is 0 Å². The lowest BCUT2D eigenvalue weighted by Crippen LogP contribution is -2.28. The summed E-state index contributed by atoms with van der Waals surface area (Å²) < 4.78 is 0. The summed E-state index contributed by atoms with van der Waals surface area (Å²) in [6.45, 7) is 3.91. The van der Waals surface area contributed by atoms with Crippen molar-refractivity contribution in [3.8, 4) is 0 Å². The Balaban J connectivity index is 2.61. The Labute approximate surface area is 121 Å². The zero-order valence-corrected chi connectivity index (χ0v) is 12.6. The molecule has 0 radical (unpaired) electrons. The van der Waals surface area contributed by atoms with E-state index in [1.165, 1.54) is 0 Å². The molecule has 0 saturated heterocycles. The standard InChI is InChI=1S/C16H26N2O2/c1-3-11-17-15-10-6-5-9-14(15)16(20)18(2)12-7-4-8-13-19/h5-6,9-10,17,19H,3-4,7-8,11-13H2,1-2H3. The molecule has 0 saturated carbocycles. The summed E-state index contributed by atoms with van der Waals surface area (Å²) >= 11 is 0. The summed E-state index contributed by atoms with van der Waals surface area (Å²) in [4.78, 5) is 14.2. The Kier molecular flexibility index (Phi) is 7.73. The van der Waals surface area contributed by atoms with Gasteiger partial charge in [0.05, 0.1) is 5.56 Å². The van der Waals surface area contributed by atoms with Crippen LogP contribution in [0.2, 0.25) is 0 Å². The molecule has 0 aliphatic rings. The highest BCUT2D eigenvalue weighted by Crippen LogP contribution is 2.17. The number of hydrogen-bond donors (Lipinski definition) is 2. The van der Waals surface area contributed by atoms with Gasteiger partial charge in [0.15, 0.2) is 0 Å². The van der Waals surface area contributed by atoms with Gasteiger partial charge in [-0.25, -0.2) is 0 Å². The van der Waals surface area contributed by atoms with Gasteiger partial charge in [-0.15, -0.1) is 0 Å². The number of carbonyl (C=O) groups excluding carboxylic acids is 1. The number of anilines is 1. The highest BCUT2D eigenvalue weighted by Gasteiger charge is 2.14. The number of aliphatic hydroxyl groups excluding tert-OH is 1. The highest BCUT2D eigenvalue weighted by atomic mass is 16.2. The number of nitrogens with one attached hydrogen (secondary N) is 1. The Morgan fingerprint density at radius 3 is 2.70 bits per heavy atom. The minimum Gasteiger partial charge on any atom is -0.396 e. The molecule has 4 nitrogen and oxygen atoms in total. The Bertz CT molecular complexity index is 407. The van der Waals surface area contributed by atoms with Crippen molar-refractivity contribution in [3.63, 3.8) is 0 Å². The van der Waals surface area contributed by atoms with Crippen LogP contribution >= 0.6 is 0 Å². The largest absolute Gasteiger partial charge is 0.396 e. The molecule has 112 valence electrons. The number of rotatable bonds is 9. The molecular weight excluding hydrogens is 252 g/mol. The van der Waals surface area contributed by atoms with Crippen LogP contribution in [0.15, 0.2) is 24.3 Å². The second-order valence-electron chi connectivity index (χ2n) is 4.98. The minimum absolute atomic E-state index is 0.0493. The minimum atomic E-state index is 0.0493. The second-order valence-corrected chi connectivity index (χ2v) is 4.98. The molecular formula is C16H26N2O2. The molecule has 1 rings (SSSR count). The third-order valence-electron chi connectivity index (χ3n) is 3.22. The van der Waals surface area contributed by atoms with Gasteiger partial charge in [-0.1, -0.05) is 19.1 Å². The average Bonchev–Trinajstić information content (AvgIpc) is 2.49. The monoisotopic (exact) mass is 278 g/mol. The van der Waals surface area contributed by atoms with E-state index in [1.807, 2.05) is 31.3 Å². The lowest BCUT2D eigenvalue weighted by molar-refractivity contribution is 0.0793. The van der Waals surface area contributed by atoms with Crippen LogP contribution in [0.1, 0.15) is 43.0 Å². The predicted molar refractivity (Wildman–Crippen MR) is 83.1 cm³/mol. The van der Waals surface area contributed by atoms with Crippen molar-refractivity contribution in [2.45, 2.75) is 32.6 Å². The summed E-state index contributed by atoms with van der Waals surface area (Å²) in [5.74, 6) is 0.0493. The molecule has 1 aromatic carbocycles. The van der Waals surface area contributed by atoms with Gasteiger partial charge in [0.2, 0.25) is 0 Å². The van der Waals surface area contributed by atoms with Gasteiger partial charge in [0.1, 0.15) is 0 Å². The molecule has 0 spiro atoms. The molecule has 1 aromatic rings. The van der Waals surface area contributed by atoms with Crippen LogP contribution in [-0.2, 0) is 0 Å². The molecule has 0 bridgehead atoms. The Morgan fingerprint density at radius 2 is 2.00 bits per heavy atom. The highest BCUT2D eigenvalue weighted by molar-refractivity contribution is 5.99. The summed E-state index contributed by atoms with van der Waals surface area (Å²) in [6, 6.07) is 7.65. The predicted octanol–water partition coefficient (Wildman–Crippen LogP) is 2.74. The first-order chi connectivity index (χ1) is 9.70. The van der Waals surface area contributed by atoms with E-state index < -0.39 is 0 Å². The lowest BCUT2D eigenvalue weighted by atomic mass is 10.1. The SMILES string of the molecule is CCCNc1ccccc1C(=O)N(C)CCCCCO. The maximum atomic E-state index is 12.4. The van der Waals surface area contributed by atoms with Gasteiger partial charge in [0, 0.05) is 32.4 Å². The van der Waals surface area contributed by atoms with E-state index in [1.54, 1.807) is 4.90 Å². The molecule has 0 aliphatic heterocycles. The Hall–Kier alpha value is -1.55. The van der Waals surface area contributed by atoms with Gasteiger partial charge < -0.3 is 15.3 Å². The summed E-state index contributed by atoms with van der Waals surface area (Å²) in [7, 11) is 1.83. The fraction of sp³-hybridized carbons (Fsp3) is 0.562. The molecule has 0 unspecified atom stereocenters. The quantitative estimate of drug-likeness (QED) is 0.683. The summed E-state index contributed by atoms with van der Waals surface area (Å²) in [5.41, 5.74) is 1.63. The van der Waals surface area contributed by atoms with Crippen molar-refractivity contribution in [3.05, 3.63) is 29.8 Å². The van der Waals surface area contributed by atoms with Crippen LogP contribution in [0.25, 0.3) is 0 Å². The van der Waals surface area contributed by atoms with Crippen LogP contribution in [0.5, 0.6) is 0 Å². The summed E-state index contributed by atoms with van der Waals surface area (Å²) in [6.07, 6.45) is 3.70. The van der Waals surface area contributed by atoms with E-state index >= 15 is 0 Å². The van der Waals surface area contributed by atoms with Crippen LogP contribution in [0, 0.1) is 0 Å². The molecule has 20 heavy (non-hydrogen) atoms. The summed E-state index contributed by atoms with van der Waals surface area (Å²) in [5, 5.41) is 12.0. The Morgan fingerprint density at radius 1 is 1.25 bits per heavy atom. The van der Waals surface area contributed by atoms with Gasteiger partial charge in [-0.3, -0.25) is 4.79 Å². The van der Waals surface area contributed by atoms with Crippen LogP contribution in [0.4, 0.5) is 5.69 Å². The molecule has 0 aromatic heterocycles. The molecule has 0 aliphatic carbocycles. The van der Waals surface area contributed by atoms with Gasteiger partial charge in [-0.2, -0.15) is 0 Å². The number of benzene rings is 1. The van der Waals surface area contributed by atoms with Crippen molar-refractivity contribution in [2.75, 3.05) is 32.1 Å². The van der Waals surface area contributed by atoms with E-state index in [-0.39, 0.29) is 12.5 Å². The van der Waals surface area contributed by atoms with Gasteiger partial charge in [-0.05, 0) is 37.8 Å². The van der Waals surface area contributed by atoms with E-state index in [9.17, 15) is 4.79 Å². The zero-order valence-electron chi connectivity index (χ0n) is 12.6. The molecule has 0 fully saturated rings. The maximum absolute atomic E-state index is 12.4. The fourth-order valence-corrected chi connectivity index (χ4v) is 2.03. The maximum Gasteiger partial charge on any atom is 0.255 e. The number of nitrogens with zero attached hydrogens (tertiary/aromatic N) is 1. The third kappa shape index (κ3) is 5.21. The molecule has 0 heterocycles. The smallest absolute Gasteiger partial charge is 0.255 e. The topological polar surface area (TPSA) is 52.6 Å². The number of aliphatic hydroxyl groups is 1. The number of amides is 1.